The number of anilines is 1. The molecule has 1 N–H and O–H groups in total. The molecule has 3 aromatic rings. The molecule has 0 aromatic heterocycles. The van der Waals surface area contributed by atoms with E-state index in [4.69, 9.17) is 16.3 Å². The minimum atomic E-state index is -0.212. The van der Waals surface area contributed by atoms with Crippen LogP contribution < -0.4 is 10.1 Å². The molecule has 0 spiro atoms. The van der Waals surface area contributed by atoms with Gasteiger partial charge >= 0.3 is 0 Å². The first kappa shape index (κ1) is 17.1. The standard InChI is InChI=1S/C21H18ClNO2/c1-15-13-17(11-12-19(15)22)25-14-21(24)23-20-10-6-5-9-18(20)16-7-3-2-4-8-16/h2-13H,14H2,1H3,(H,23,24). The average Bonchev–Trinajstić information content (AvgIpc) is 2.64. The molecule has 3 rings (SSSR count). The van der Waals surface area contributed by atoms with Gasteiger partial charge in [0, 0.05) is 16.3 Å². The van der Waals surface area contributed by atoms with Crippen LogP contribution in [0.4, 0.5) is 5.69 Å². The predicted octanol–water partition coefficient (Wildman–Crippen LogP) is 5.33. The topological polar surface area (TPSA) is 38.3 Å². The molecular formula is C21H18ClNO2. The first-order valence-electron chi connectivity index (χ1n) is 7.97. The van der Waals surface area contributed by atoms with Crippen molar-refractivity contribution in [1.82, 2.24) is 0 Å². The number of para-hydroxylation sites is 1. The number of carbonyl (C=O) groups excluding carboxylic acids is 1. The van der Waals surface area contributed by atoms with Crippen LogP contribution in [0.3, 0.4) is 0 Å². The van der Waals surface area contributed by atoms with Crippen LogP contribution in [0.25, 0.3) is 11.1 Å². The molecule has 3 aromatic carbocycles. The molecule has 0 fully saturated rings. The van der Waals surface area contributed by atoms with E-state index in [2.05, 4.69) is 5.32 Å². The number of halogens is 1. The quantitative estimate of drug-likeness (QED) is 0.674. The van der Waals surface area contributed by atoms with Crippen molar-refractivity contribution < 1.29 is 9.53 Å². The number of carbonyl (C=O) groups is 1. The first-order valence-corrected chi connectivity index (χ1v) is 8.34. The van der Waals surface area contributed by atoms with Gasteiger partial charge in [0.1, 0.15) is 5.75 Å². The summed E-state index contributed by atoms with van der Waals surface area (Å²) < 4.78 is 5.55. The van der Waals surface area contributed by atoms with E-state index >= 15 is 0 Å². The lowest BCUT2D eigenvalue weighted by atomic mass is 10.0. The molecule has 0 aliphatic heterocycles. The SMILES string of the molecule is Cc1cc(OCC(=O)Nc2ccccc2-c2ccccc2)ccc1Cl. The lowest BCUT2D eigenvalue weighted by Crippen LogP contribution is -2.20. The molecule has 1 amide bonds. The Kier molecular flexibility index (Phi) is 5.36. The maximum atomic E-state index is 12.3. The third-order valence-electron chi connectivity index (χ3n) is 3.79. The van der Waals surface area contributed by atoms with Gasteiger partial charge in [0.25, 0.3) is 5.91 Å². The van der Waals surface area contributed by atoms with Gasteiger partial charge in [0.15, 0.2) is 6.61 Å². The van der Waals surface area contributed by atoms with Crippen LogP contribution in [0.2, 0.25) is 5.02 Å². The van der Waals surface area contributed by atoms with E-state index in [-0.39, 0.29) is 12.5 Å². The van der Waals surface area contributed by atoms with Crippen molar-refractivity contribution in [3.05, 3.63) is 83.4 Å². The van der Waals surface area contributed by atoms with Crippen molar-refractivity contribution in [2.24, 2.45) is 0 Å². The first-order chi connectivity index (χ1) is 12.1. The fourth-order valence-electron chi connectivity index (χ4n) is 2.50. The molecule has 0 bridgehead atoms. The average molecular weight is 352 g/mol. The molecular weight excluding hydrogens is 334 g/mol. The maximum absolute atomic E-state index is 12.3. The van der Waals surface area contributed by atoms with E-state index in [9.17, 15) is 4.79 Å². The van der Waals surface area contributed by atoms with Gasteiger partial charge in [-0.1, -0.05) is 60.1 Å². The van der Waals surface area contributed by atoms with Gasteiger partial charge in [-0.15, -0.1) is 0 Å². The Bertz CT molecular complexity index is 878. The molecule has 25 heavy (non-hydrogen) atoms. The van der Waals surface area contributed by atoms with Crippen molar-refractivity contribution in [2.75, 3.05) is 11.9 Å². The van der Waals surface area contributed by atoms with Gasteiger partial charge in [0.05, 0.1) is 0 Å². The van der Waals surface area contributed by atoms with Gasteiger partial charge in [-0.25, -0.2) is 0 Å². The van der Waals surface area contributed by atoms with Crippen LogP contribution in [0.5, 0.6) is 5.75 Å². The zero-order chi connectivity index (χ0) is 17.6. The normalized spacial score (nSPS) is 10.3. The van der Waals surface area contributed by atoms with Crippen LogP contribution in [-0.2, 0) is 4.79 Å². The zero-order valence-electron chi connectivity index (χ0n) is 13.8. The summed E-state index contributed by atoms with van der Waals surface area (Å²) in [4.78, 5) is 12.3. The largest absolute Gasteiger partial charge is 0.484 e. The number of hydrogen-bond acceptors (Lipinski definition) is 2. The molecule has 3 nitrogen and oxygen atoms in total. The number of amides is 1. The molecule has 0 aliphatic rings. The van der Waals surface area contributed by atoms with Crippen LogP contribution in [-0.4, -0.2) is 12.5 Å². The van der Waals surface area contributed by atoms with E-state index in [1.54, 1.807) is 12.1 Å². The molecule has 0 radical (unpaired) electrons. The summed E-state index contributed by atoms with van der Waals surface area (Å²) in [7, 11) is 0. The number of ether oxygens (including phenoxy) is 1. The maximum Gasteiger partial charge on any atom is 0.262 e. The summed E-state index contributed by atoms with van der Waals surface area (Å²) in [5.74, 6) is 0.407. The monoisotopic (exact) mass is 351 g/mol. The fourth-order valence-corrected chi connectivity index (χ4v) is 2.62. The number of rotatable bonds is 5. The van der Waals surface area contributed by atoms with Crippen molar-refractivity contribution in [3.63, 3.8) is 0 Å². The lowest BCUT2D eigenvalue weighted by molar-refractivity contribution is -0.118. The summed E-state index contributed by atoms with van der Waals surface area (Å²) >= 11 is 5.99. The third-order valence-corrected chi connectivity index (χ3v) is 4.21. The Labute approximate surface area is 152 Å². The van der Waals surface area contributed by atoms with Crippen LogP contribution >= 0.6 is 11.6 Å². The highest BCUT2D eigenvalue weighted by Crippen LogP contribution is 2.27. The van der Waals surface area contributed by atoms with Crippen LogP contribution in [0, 0.1) is 6.92 Å². The van der Waals surface area contributed by atoms with Gasteiger partial charge in [0.2, 0.25) is 0 Å². The fraction of sp³-hybridized carbons (Fsp3) is 0.0952. The lowest BCUT2D eigenvalue weighted by Gasteiger charge is -2.12. The third kappa shape index (κ3) is 4.40. The predicted molar refractivity (Wildman–Crippen MR) is 102 cm³/mol. The molecule has 0 atom stereocenters. The summed E-state index contributed by atoms with van der Waals surface area (Å²) in [5, 5.41) is 3.59. The van der Waals surface area contributed by atoms with Gasteiger partial charge in [-0.2, -0.15) is 0 Å². The molecule has 0 saturated carbocycles. The summed E-state index contributed by atoms with van der Waals surface area (Å²) in [6.07, 6.45) is 0. The number of benzene rings is 3. The smallest absolute Gasteiger partial charge is 0.262 e. The number of hydrogen-bond donors (Lipinski definition) is 1. The number of aryl methyl sites for hydroxylation is 1. The molecule has 0 saturated heterocycles. The Morgan fingerprint density at radius 3 is 2.48 bits per heavy atom. The highest BCUT2D eigenvalue weighted by molar-refractivity contribution is 6.31. The van der Waals surface area contributed by atoms with Gasteiger partial charge in [-0.05, 0) is 42.3 Å². The Hall–Kier alpha value is -2.78. The molecule has 126 valence electrons. The number of nitrogens with one attached hydrogen (secondary N) is 1. The van der Waals surface area contributed by atoms with Gasteiger partial charge in [-0.3, -0.25) is 4.79 Å². The molecule has 0 heterocycles. The highest BCUT2D eigenvalue weighted by atomic mass is 35.5. The Balaban J connectivity index is 1.68. The Morgan fingerprint density at radius 1 is 1.00 bits per heavy atom. The molecule has 0 aliphatic carbocycles. The Morgan fingerprint density at radius 2 is 1.72 bits per heavy atom. The van der Waals surface area contributed by atoms with E-state index < -0.39 is 0 Å². The van der Waals surface area contributed by atoms with Crippen molar-refractivity contribution in [3.8, 4) is 16.9 Å². The van der Waals surface area contributed by atoms with Crippen LogP contribution in [0.1, 0.15) is 5.56 Å². The minimum Gasteiger partial charge on any atom is -0.484 e. The summed E-state index contributed by atoms with van der Waals surface area (Å²) in [5.41, 5.74) is 3.69. The van der Waals surface area contributed by atoms with Crippen molar-refractivity contribution >= 4 is 23.2 Å². The van der Waals surface area contributed by atoms with E-state index in [0.29, 0.717) is 10.8 Å². The van der Waals surface area contributed by atoms with E-state index in [1.807, 2.05) is 67.6 Å². The molecule has 0 unspecified atom stereocenters. The zero-order valence-corrected chi connectivity index (χ0v) is 14.6. The second-order valence-electron chi connectivity index (χ2n) is 5.66. The van der Waals surface area contributed by atoms with Crippen LogP contribution in [0.15, 0.2) is 72.8 Å². The van der Waals surface area contributed by atoms with Crippen molar-refractivity contribution in [1.29, 1.82) is 0 Å². The second-order valence-corrected chi connectivity index (χ2v) is 6.07. The summed E-state index contributed by atoms with van der Waals surface area (Å²) in [6, 6.07) is 23.0. The minimum absolute atomic E-state index is 0.0653. The highest BCUT2D eigenvalue weighted by Gasteiger charge is 2.09. The van der Waals surface area contributed by atoms with E-state index in [0.717, 1.165) is 22.4 Å². The molecule has 4 heteroatoms. The second kappa shape index (κ2) is 7.86. The van der Waals surface area contributed by atoms with Crippen molar-refractivity contribution in [2.45, 2.75) is 6.92 Å². The van der Waals surface area contributed by atoms with Gasteiger partial charge < -0.3 is 10.1 Å². The van der Waals surface area contributed by atoms with E-state index in [1.165, 1.54) is 0 Å². The summed E-state index contributed by atoms with van der Waals surface area (Å²) in [6.45, 7) is 1.83.